The van der Waals surface area contributed by atoms with Crippen LogP contribution in [0.25, 0.3) is 5.57 Å². The summed E-state index contributed by atoms with van der Waals surface area (Å²) in [7, 11) is 0. The van der Waals surface area contributed by atoms with E-state index in [1.807, 2.05) is 30.3 Å². The van der Waals surface area contributed by atoms with Crippen LogP contribution in [0.2, 0.25) is 0 Å². The number of hydrogen-bond acceptors (Lipinski definition) is 3. The number of carbonyl (C=O) groups is 1. The molecule has 4 nitrogen and oxygen atoms in total. The van der Waals surface area contributed by atoms with Crippen molar-refractivity contribution in [2.75, 3.05) is 0 Å². The number of aromatic nitrogens is 2. The van der Waals surface area contributed by atoms with Gasteiger partial charge in [-0.25, -0.2) is 14.8 Å². The molecule has 1 heterocycles. The van der Waals surface area contributed by atoms with Crippen LogP contribution in [0.15, 0.2) is 48.8 Å². The quantitative estimate of drug-likeness (QED) is 0.551. The van der Waals surface area contributed by atoms with E-state index in [1.165, 1.54) is 19.3 Å². The summed E-state index contributed by atoms with van der Waals surface area (Å²) in [5, 5.41) is 9.43. The number of aryl methyl sites for hydroxylation is 1. The molecule has 24 heavy (non-hydrogen) atoms. The first-order valence-corrected chi connectivity index (χ1v) is 8.49. The van der Waals surface area contributed by atoms with Crippen LogP contribution < -0.4 is 0 Å². The minimum Gasteiger partial charge on any atom is -0.478 e. The van der Waals surface area contributed by atoms with Gasteiger partial charge in [0.2, 0.25) is 0 Å². The largest absolute Gasteiger partial charge is 0.478 e. The van der Waals surface area contributed by atoms with Gasteiger partial charge in [0.05, 0.1) is 0 Å². The lowest BCUT2D eigenvalue weighted by Crippen LogP contribution is -2.05. The second kappa shape index (κ2) is 9.60. The van der Waals surface area contributed by atoms with Crippen molar-refractivity contribution in [1.82, 2.24) is 9.97 Å². The van der Waals surface area contributed by atoms with Crippen LogP contribution in [-0.2, 0) is 17.6 Å². The number of aliphatic carboxylic acids is 1. The summed E-state index contributed by atoms with van der Waals surface area (Å²) in [4.78, 5) is 20.0. The zero-order valence-electron chi connectivity index (χ0n) is 14.1. The molecule has 1 N–H and O–H groups in total. The van der Waals surface area contributed by atoms with Crippen molar-refractivity contribution in [1.29, 1.82) is 0 Å². The Labute approximate surface area is 143 Å². The van der Waals surface area contributed by atoms with E-state index in [-0.39, 0.29) is 11.4 Å². The van der Waals surface area contributed by atoms with Gasteiger partial charge >= 0.3 is 5.97 Å². The summed E-state index contributed by atoms with van der Waals surface area (Å²) < 4.78 is 0. The average molecular weight is 324 g/mol. The number of rotatable bonds is 9. The number of carboxylic acids is 1. The van der Waals surface area contributed by atoms with Gasteiger partial charge in [-0.1, -0.05) is 62.6 Å². The number of unbranched alkanes of at least 4 members (excludes halogenated alkanes) is 3. The van der Waals surface area contributed by atoms with Crippen molar-refractivity contribution in [2.24, 2.45) is 0 Å². The van der Waals surface area contributed by atoms with E-state index in [1.54, 1.807) is 18.5 Å². The van der Waals surface area contributed by atoms with Gasteiger partial charge in [-0.15, -0.1) is 0 Å². The first-order chi connectivity index (χ1) is 11.7. The Morgan fingerprint density at radius 1 is 1.04 bits per heavy atom. The summed E-state index contributed by atoms with van der Waals surface area (Å²) in [6.45, 7) is 2.19. The molecule has 0 aliphatic heterocycles. The average Bonchev–Trinajstić information content (AvgIpc) is 2.61. The van der Waals surface area contributed by atoms with Crippen LogP contribution in [0.3, 0.4) is 0 Å². The second-order valence-electron chi connectivity index (χ2n) is 5.84. The number of hydrogen-bond donors (Lipinski definition) is 1. The predicted molar refractivity (Wildman–Crippen MR) is 95.6 cm³/mol. The molecular formula is C20H24N2O2. The molecule has 126 valence electrons. The van der Waals surface area contributed by atoms with Crippen molar-refractivity contribution in [3.8, 4) is 0 Å². The van der Waals surface area contributed by atoms with Crippen molar-refractivity contribution in [2.45, 2.75) is 45.4 Å². The smallest absolute Gasteiger partial charge is 0.339 e. The van der Waals surface area contributed by atoms with E-state index in [0.717, 1.165) is 24.0 Å². The van der Waals surface area contributed by atoms with Crippen LogP contribution >= 0.6 is 0 Å². The molecule has 1 aromatic carbocycles. The first kappa shape index (κ1) is 17.9. The maximum absolute atomic E-state index is 11.5. The Bertz CT molecular complexity index is 664. The van der Waals surface area contributed by atoms with Crippen LogP contribution in [0.1, 0.15) is 49.6 Å². The highest BCUT2D eigenvalue weighted by Crippen LogP contribution is 2.13. The van der Waals surface area contributed by atoms with E-state index in [2.05, 4.69) is 16.9 Å². The van der Waals surface area contributed by atoms with Crippen molar-refractivity contribution in [3.63, 3.8) is 0 Å². The van der Waals surface area contributed by atoms with Crippen molar-refractivity contribution < 1.29 is 9.90 Å². The van der Waals surface area contributed by atoms with Crippen LogP contribution in [0, 0.1) is 0 Å². The SMILES string of the molecule is CCCCCCc1cnc(/C(=C\Cc2ccccc2)C(=O)O)nc1. The molecule has 2 aromatic rings. The molecule has 0 saturated heterocycles. The van der Waals surface area contributed by atoms with Gasteiger partial charge in [0, 0.05) is 12.4 Å². The maximum Gasteiger partial charge on any atom is 0.339 e. The monoisotopic (exact) mass is 324 g/mol. The van der Waals surface area contributed by atoms with Crippen molar-refractivity contribution >= 4 is 11.5 Å². The summed E-state index contributed by atoms with van der Waals surface area (Å²) in [5.74, 6) is -0.725. The molecule has 0 spiro atoms. The lowest BCUT2D eigenvalue weighted by atomic mass is 10.1. The molecule has 0 amide bonds. The lowest BCUT2D eigenvalue weighted by Gasteiger charge is -2.04. The minimum atomic E-state index is -0.998. The molecule has 2 rings (SSSR count). The molecule has 0 aliphatic rings. The summed E-state index contributed by atoms with van der Waals surface area (Å²) >= 11 is 0. The third-order valence-electron chi connectivity index (χ3n) is 3.88. The van der Waals surface area contributed by atoms with E-state index in [9.17, 15) is 9.90 Å². The fraction of sp³-hybridized carbons (Fsp3) is 0.350. The van der Waals surface area contributed by atoms with E-state index >= 15 is 0 Å². The topological polar surface area (TPSA) is 63.1 Å². The van der Waals surface area contributed by atoms with Crippen molar-refractivity contribution in [3.05, 3.63) is 65.8 Å². The minimum absolute atomic E-state index is 0.149. The molecule has 0 unspecified atom stereocenters. The van der Waals surface area contributed by atoms with Gasteiger partial charge in [-0.05, 0) is 30.4 Å². The molecule has 0 bridgehead atoms. The molecule has 0 atom stereocenters. The molecule has 4 heteroatoms. The Hall–Kier alpha value is -2.49. The summed E-state index contributed by atoms with van der Waals surface area (Å²) in [6, 6.07) is 9.75. The van der Waals surface area contributed by atoms with Gasteiger partial charge in [-0.3, -0.25) is 0 Å². The second-order valence-corrected chi connectivity index (χ2v) is 5.84. The summed E-state index contributed by atoms with van der Waals surface area (Å²) in [6.07, 6.45) is 11.4. The molecule has 0 aliphatic carbocycles. The zero-order valence-corrected chi connectivity index (χ0v) is 14.1. The van der Waals surface area contributed by atoms with E-state index < -0.39 is 5.97 Å². The predicted octanol–water partition coefficient (Wildman–Crippen LogP) is 4.31. The van der Waals surface area contributed by atoms with Gasteiger partial charge in [-0.2, -0.15) is 0 Å². The number of allylic oxidation sites excluding steroid dienone is 1. The van der Waals surface area contributed by atoms with Gasteiger partial charge < -0.3 is 5.11 Å². The fourth-order valence-corrected chi connectivity index (χ4v) is 2.49. The lowest BCUT2D eigenvalue weighted by molar-refractivity contribution is -0.130. The Kier molecular flexibility index (Phi) is 7.15. The first-order valence-electron chi connectivity index (χ1n) is 8.49. The normalized spacial score (nSPS) is 11.5. The number of benzene rings is 1. The van der Waals surface area contributed by atoms with Crippen LogP contribution in [-0.4, -0.2) is 21.0 Å². The van der Waals surface area contributed by atoms with Gasteiger partial charge in [0.15, 0.2) is 5.82 Å². The maximum atomic E-state index is 11.5. The molecule has 0 radical (unpaired) electrons. The molecule has 1 aromatic heterocycles. The third-order valence-corrected chi connectivity index (χ3v) is 3.88. The highest BCUT2D eigenvalue weighted by molar-refractivity contribution is 6.14. The number of nitrogens with zero attached hydrogens (tertiary/aromatic N) is 2. The molecule has 0 fully saturated rings. The zero-order chi connectivity index (χ0) is 17.2. The standard InChI is InChI=1S/C20H24N2O2/c1-2-3-4-6-11-17-14-21-19(22-15-17)18(20(23)24)13-12-16-9-7-5-8-10-16/h5,7-10,13-15H,2-4,6,11-12H2,1H3,(H,23,24)/b18-13+. The Morgan fingerprint density at radius 2 is 1.75 bits per heavy atom. The Balaban J connectivity index is 2.04. The van der Waals surface area contributed by atoms with E-state index in [0.29, 0.717) is 6.42 Å². The number of carboxylic acid groups (broad SMARTS) is 1. The van der Waals surface area contributed by atoms with Gasteiger partial charge in [0.1, 0.15) is 5.57 Å². The highest BCUT2D eigenvalue weighted by Gasteiger charge is 2.13. The van der Waals surface area contributed by atoms with Crippen LogP contribution in [0.5, 0.6) is 0 Å². The van der Waals surface area contributed by atoms with Crippen LogP contribution in [0.4, 0.5) is 0 Å². The third kappa shape index (κ3) is 5.61. The highest BCUT2D eigenvalue weighted by atomic mass is 16.4. The van der Waals surface area contributed by atoms with E-state index in [4.69, 9.17) is 0 Å². The molecular weight excluding hydrogens is 300 g/mol. The molecule has 0 saturated carbocycles. The summed E-state index contributed by atoms with van der Waals surface area (Å²) in [5.41, 5.74) is 2.27. The van der Waals surface area contributed by atoms with Gasteiger partial charge in [0.25, 0.3) is 0 Å². The fourth-order valence-electron chi connectivity index (χ4n) is 2.49. The Morgan fingerprint density at radius 3 is 2.38 bits per heavy atom.